The van der Waals surface area contributed by atoms with Crippen LogP contribution in [0.25, 0.3) is 0 Å². The van der Waals surface area contributed by atoms with E-state index < -0.39 is 23.9 Å². The lowest BCUT2D eigenvalue weighted by molar-refractivity contribution is -0.00879. The van der Waals surface area contributed by atoms with Crippen LogP contribution in [0.4, 0.5) is 14.4 Å². The highest BCUT2D eigenvalue weighted by atomic mass is 35.5. The molecule has 1 heterocycles. The molecule has 2 aliphatic rings. The normalized spacial score (nSPS) is 22.3. The zero-order valence-electron chi connectivity index (χ0n) is 25.9. The molecule has 0 aromatic heterocycles. The van der Waals surface area contributed by atoms with E-state index in [1.54, 1.807) is 18.0 Å². The fraction of sp³-hybridized carbons (Fsp3) is 0.710. The van der Waals surface area contributed by atoms with E-state index >= 15 is 0 Å². The summed E-state index contributed by atoms with van der Waals surface area (Å²) in [5.41, 5.74) is 0.232. The molecule has 1 aliphatic carbocycles. The fourth-order valence-electron chi connectivity index (χ4n) is 5.99. The summed E-state index contributed by atoms with van der Waals surface area (Å²) >= 11 is 6.28. The van der Waals surface area contributed by atoms with Gasteiger partial charge in [0.15, 0.2) is 0 Å². The van der Waals surface area contributed by atoms with Crippen LogP contribution in [-0.4, -0.2) is 95.8 Å². The zero-order chi connectivity index (χ0) is 31.6. The number of benzene rings is 1. The Kier molecular flexibility index (Phi) is 13.2. The molecule has 242 valence electrons. The monoisotopic (exact) mass is 624 g/mol. The van der Waals surface area contributed by atoms with Crippen molar-refractivity contribution >= 4 is 29.8 Å². The number of carbonyl (C=O) groups excluding carboxylic acids is 2. The third-order valence-corrected chi connectivity index (χ3v) is 8.24. The van der Waals surface area contributed by atoms with Crippen molar-refractivity contribution in [2.24, 2.45) is 11.8 Å². The SMILES string of the molecule is CN(CC(C[C@H]1CCCC[C@@H]1O)NC(=O)N1CCC[C@@H]([C@@H](OCCNC(=O)O)c2cccc(Cl)c2)C1)C(=O)OC(C)(C)C. The number of rotatable bonds is 11. The molecule has 43 heavy (non-hydrogen) atoms. The van der Waals surface area contributed by atoms with E-state index in [1.807, 2.05) is 39.0 Å². The summed E-state index contributed by atoms with van der Waals surface area (Å²) in [5.74, 6) is 0.00561. The van der Waals surface area contributed by atoms with Crippen molar-refractivity contribution < 1.29 is 34.1 Å². The van der Waals surface area contributed by atoms with Gasteiger partial charge in [0.2, 0.25) is 0 Å². The number of nitrogens with one attached hydrogen (secondary N) is 2. The molecule has 1 unspecified atom stereocenters. The summed E-state index contributed by atoms with van der Waals surface area (Å²) in [6.45, 7) is 7.02. The lowest BCUT2D eigenvalue weighted by Gasteiger charge is -2.39. The molecule has 4 amide bonds. The van der Waals surface area contributed by atoms with Crippen LogP contribution >= 0.6 is 11.6 Å². The lowest BCUT2D eigenvalue weighted by atomic mass is 9.82. The minimum atomic E-state index is -1.11. The van der Waals surface area contributed by atoms with Gasteiger partial charge >= 0.3 is 18.2 Å². The van der Waals surface area contributed by atoms with Crippen LogP contribution in [0.2, 0.25) is 5.02 Å². The number of aliphatic hydroxyl groups excluding tert-OH is 1. The number of hydrogen-bond acceptors (Lipinski definition) is 6. The Labute approximate surface area is 260 Å². The molecule has 1 aromatic carbocycles. The number of aliphatic hydroxyl groups is 1. The molecule has 1 aromatic rings. The van der Waals surface area contributed by atoms with Gasteiger partial charge in [-0.1, -0.05) is 36.6 Å². The minimum Gasteiger partial charge on any atom is -0.465 e. The van der Waals surface area contributed by atoms with Crippen LogP contribution in [0.1, 0.15) is 77.4 Å². The summed E-state index contributed by atoms with van der Waals surface area (Å²) in [7, 11) is 1.66. The Morgan fingerprint density at radius 3 is 2.58 bits per heavy atom. The maximum Gasteiger partial charge on any atom is 0.410 e. The highest BCUT2D eigenvalue weighted by Crippen LogP contribution is 2.34. The largest absolute Gasteiger partial charge is 0.465 e. The van der Waals surface area contributed by atoms with Crippen molar-refractivity contribution in [1.82, 2.24) is 20.4 Å². The Balaban J connectivity index is 1.71. The minimum absolute atomic E-state index is 0.0363. The molecule has 3 rings (SSSR count). The van der Waals surface area contributed by atoms with Gasteiger partial charge in [0, 0.05) is 50.2 Å². The van der Waals surface area contributed by atoms with Gasteiger partial charge in [0.25, 0.3) is 0 Å². The van der Waals surface area contributed by atoms with Crippen LogP contribution in [0.3, 0.4) is 0 Å². The molecule has 0 radical (unpaired) electrons. The quantitative estimate of drug-likeness (QED) is 0.246. The molecular formula is C31H49ClN4O7. The summed E-state index contributed by atoms with van der Waals surface area (Å²) in [4.78, 5) is 40.6. The Hall–Kier alpha value is -2.76. The first-order valence-electron chi connectivity index (χ1n) is 15.3. The second-order valence-electron chi connectivity index (χ2n) is 12.8. The summed E-state index contributed by atoms with van der Waals surface area (Å²) < 4.78 is 11.7. The van der Waals surface area contributed by atoms with Crippen LogP contribution < -0.4 is 10.6 Å². The molecule has 2 fully saturated rings. The van der Waals surface area contributed by atoms with E-state index in [9.17, 15) is 19.5 Å². The first-order valence-corrected chi connectivity index (χ1v) is 15.7. The molecule has 5 atom stereocenters. The second-order valence-corrected chi connectivity index (χ2v) is 13.2. The molecular weight excluding hydrogens is 576 g/mol. The Bertz CT molecular complexity index is 1070. The molecule has 1 saturated heterocycles. The van der Waals surface area contributed by atoms with Crippen molar-refractivity contribution in [2.45, 2.75) is 89.6 Å². The smallest absolute Gasteiger partial charge is 0.410 e. The Morgan fingerprint density at radius 1 is 1.16 bits per heavy atom. The van der Waals surface area contributed by atoms with E-state index in [2.05, 4.69) is 10.6 Å². The number of likely N-dealkylation sites (tertiary alicyclic amines) is 1. The van der Waals surface area contributed by atoms with Gasteiger partial charge in [-0.05, 0) is 76.5 Å². The average molecular weight is 625 g/mol. The summed E-state index contributed by atoms with van der Waals surface area (Å²) in [6, 6.07) is 6.81. The topological polar surface area (TPSA) is 141 Å². The summed E-state index contributed by atoms with van der Waals surface area (Å²) in [5, 5.41) is 25.6. The fourth-order valence-corrected chi connectivity index (χ4v) is 6.19. The van der Waals surface area contributed by atoms with Crippen LogP contribution in [0.15, 0.2) is 24.3 Å². The van der Waals surface area contributed by atoms with Crippen LogP contribution in [0.5, 0.6) is 0 Å². The van der Waals surface area contributed by atoms with Gasteiger partial charge in [-0.25, -0.2) is 14.4 Å². The van der Waals surface area contributed by atoms with Gasteiger partial charge in [-0.3, -0.25) is 0 Å². The number of urea groups is 1. The third kappa shape index (κ3) is 11.7. The maximum absolute atomic E-state index is 13.7. The molecule has 12 heteroatoms. The van der Waals surface area contributed by atoms with Gasteiger partial charge < -0.3 is 40.1 Å². The van der Waals surface area contributed by atoms with Crippen molar-refractivity contribution in [2.75, 3.05) is 39.8 Å². The van der Waals surface area contributed by atoms with Gasteiger partial charge in [0.05, 0.1) is 18.8 Å². The van der Waals surface area contributed by atoms with Gasteiger partial charge in [0.1, 0.15) is 5.60 Å². The number of amides is 4. The highest BCUT2D eigenvalue weighted by molar-refractivity contribution is 6.30. The number of likely N-dealkylation sites (N-methyl/N-ethyl adjacent to an activating group) is 1. The predicted molar refractivity (Wildman–Crippen MR) is 164 cm³/mol. The van der Waals surface area contributed by atoms with Crippen molar-refractivity contribution in [3.8, 4) is 0 Å². The molecule has 0 bridgehead atoms. The van der Waals surface area contributed by atoms with E-state index in [1.165, 1.54) is 4.90 Å². The second kappa shape index (κ2) is 16.4. The van der Waals surface area contributed by atoms with E-state index in [0.717, 1.165) is 44.1 Å². The van der Waals surface area contributed by atoms with Crippen molar-refractivity contribution in [3.05, 3.63) is 34.9 Å². The zero-order valence-corrected chi connectivity index (χ0v) is 26.6. The molecule has 4 N–H and O–H groups in total. The first-order chi connectivity index (χ1) is 20.3. The maximum atomic E-state index is 13.7. The standard InChI is InChI=1S/C31H49ClN4O7/c1-31(2,3)43-30(41)35(4)20-25(18-21-9-5-6-13-26(21)37)34-28(38)36-15-8-11-23(19-36)27(42-16-14-33-29(39)40)22-10-7-12-24(32)17-22/h7,10,12,17,21,23,25-27,33,37H,5-6,8-9,11,13-16,18-20H2,1-4H3,(H,34,38)(H,39,40)/t21-,23-,25?,26+,27+/m1/s1. The van der Waals surface area contributed by atoms with E-state index in [4.69, 9.17) is 26.2 Å². The number of carboxylic acid groups (broad SMARTS) is 1. The summed E-state index contributed by atoms with van der Waals surface area (Å²) in [6.07, 6.45) is 3.42. The number of ether oxygens (including phenoxy) is 2. The third-order valence-electron chi connectivity index (χ3n) is 8.01. The van der Waals surface area contributed by atoms with Gasteiger partial charge in [-0.2, -0.15) is 0 Å². The lowest BCUT2D eigenvalue weighted by Crippen LogP contribution is -2.53. The molecule has 1 saturated carbocycles. The van der Waals surface area contributed by atoms with E-state index in [0.29, 0.717) is 24.5 Å². The molecule has 0 spiro atoms. The van der Waals surface area contributed by atoms with Crippen molar-refractivity contribution in [1.29, 1.82) is 0 Å². The van der Waals surface area contributed by atoms with E-state index in [-0.39, 0.29) is 49.7 Å². The number of halogens is 1. The van der Waals surface area contributed by atoms with Crippen LogP contribution in [-0.2, 0) is 9.47 Å². The van der Waals surface area contributed by atoms with Gasteiger partial charge in [-0.15, -0.1) is 0 Å². The highest BCUT2D eigenvalue weighted by Gasteiger charge is 2.34. The molecule has 11 nitrogen and oxygen atoms in total. The molecule has 1 aliphatic heterocycles. The number of piperidine rings is 1. The Morgan fingerprint density at radius 2 is 1.91 bits per heavy atom. The average Bonchev–Trinajstić information content (AvgIpc) is 2.93. The van der Waals surface area contributed by atoms with Crippen molar-refractivity contribution in [3.63, 3.8) is 0 Å². The number of nitrogens with zero attached hydrogens (tertiary/aromatic N) is 2. The number of carbonyl (C=O) groups is 3. The first kappa shape index (κ1) is 34.7. The van der Waals surface area contributed by atoms with Crippen LogP contribution in [0, 0.1) is 11.8 Å². The number of hydrogen-bond donors (Lipinski definition) is 4. The predicted octanol–water partition coefficient (Wildman–Crippen LogP) is 5.26.